The van der Waals surface area contributed by atoms with Crippen LogP contribution in [-0.4, -0.2) is 10.2 Å². The second-order valence-electron chi connectivity index (χ2n) is 2.71. The molecule has 0 aliphatic carbocycles. The van der Waals surface area contributed by atoms with Gasteiger partial charge in [0.05, 0.1) is 11.2 Å². The summed E-state index contributed by atoms with van der Waals surface area (Å²) in [7, 11) is 0. The van der Waals surface area contributed by atoms with Gasteiger partial charge in [0.15, 0.2) is 0 Å². The van der Waals surface area contributed by atoms with Gasteiger partial charge in [-0.15, -0.1) is 0 Å². The maximum Gasteiger partial charge on any atom is 0.124 e. The van der Waals surface area contributed by atoms with Gasteiger partial charge in [0.25, 0.3) is 0 Å². The topological polar surface area (TPSA) is 28.7 Å². The Morgan fingerprint density at radius 3 is 3.08 bits per heavy atom. The maximum atomic E-state index is 12.8. The molecule has 0 fully saturated rings. The van der Waals surface area contributed by atoms with Gasteiger partial charge >= 0.3 is 0 Å². The zero-order chi connectivity index (χ0) is 8.55. The van der Waals surface area contributed by atoms with Crippen molar-refractivity contribution in [2.75, 3.05) is 0 Å². The van der Waals surface area contributed by atoms with Crippen LogP contribution in [0.25, 0.3) is 10.9 Å². The Labute approximate surface area is 69.4 Å². The van der Waals surface area contributed by atoms with Crippen LogP contribution in [0.15, 0.2) is 18.2 Å². The summed E-state index contributed by atoms with van der Waals surface area (Å²) in [5.41, 5.74) is 1.82. The second-order valence-corrected chi connectivity index (χ2v) is 2.71. The number of aromatic nitrogens is 2. The lowest BCUT2D eigenvalue weighted by Gasteiger charge is -1.90. The number of aryl methyl sites for hydroxylation is 1. The number of hydrogen-bond acceptors (Lipinski definition) is 1. The SMILES string of the molecule is CCc1n[nH]c2ccc(F)cc12. The molecule has 0 aliphatic rings. The van der Waals surface area contributed by atoms with E-state index in [2.05, 4.69) is 10.2 Å². The van der Waals surface area contributed by atoms with Crippen LogP contribution < -0.4 is 0 Å². The first-order valence-corrected chi connectivity index (χ1v) is 3.93. The van der Waals surface area contributed by atoms with E-state index in [0.29, 0.717) is 0 Å². The summed E-state index contributed by atoms with van der Waals surface area (Å²) in [5, 5.41) is 7.80. The summed E-state index contributed by atoms with van der Waals surface area (Å²) in [4.78, 5) is 0. The van der Waals surface area contributed by atoms with Crippen LogP contribution in [0.2, 0.25) is 0 Å². The molecule has 2 rings (SSSR count). The van der Waals surface area contributed by atoms with Crippen LogP contribution >= 0.6 is 0 Å². The van der Waals surface area contributed by atoms with E-state index in [1.807, 2.05) is 6.92 Å². The quantitative estimate of drug-likeness (QED) is 0.688. The lowest BCUT2D eigenvalue weighted by molar-refractivity contribution is 0.629. The smallest absolute Gasteiger partial charge is 0.124 e. The zero-order valence-corrected chi connectivity index (χ0v) is 6.76. The first-order chi connectivity index (χ1) is 5.81. The summed E-state index contributed by atoms with van der Waals surface area (Å²) in [6, 6.07) is 4.65. The largest absolute Gasteiger partial charge is 0.278 e. The fourth-order valence-electron chi connectivity index (χ4n) is 1.31. The number of halogens is 1. The first kappa shape index (κ1) is 7.28. The predicted molar refractivity (Wildman–Crippen MR) is 45.4 cm³/mol. The highest BCUT2D eigenvalue weighted by Gasteiger charge is 2.03. The van der Waals surface area contributed by atoms with Crippen LogP contribution in [0.4, 0.5) is 4.39 Å². The molecule has 1 heterocycles. The van der Waals surface area contributed by atoms with Crippen molar-refractivity contribution in [3.8, 4) is 0 Å². The van der Waals surface area contributed by atoms with Gasteiger partial charge in [0.2, 0.25) is 0 Å². The summed E-state index contributed by atoms with van der Waals surface area (Å²) >= 11 is 0. The van der Waals surface area contributed by atoms with E-state index in [0.717, 1.165) is 23.0 Å². The third-order valence-electron chi connectivity index (χ3n) is 1.94. The van der Waals surface area contributed by atoms with E-state index >= 15 is 0 Å². The van der Waals surface area contributed by atoms with Gasteiger partial charge in [-0.2, -0.15) is 5.10 Å². The molecule has 0 aliphatic heterocycles. The third kappa shape index (κ3) is 0.978. The number of benzene rings is 1. The van der Waals surface area contributed by atoms with Gasteiger partial charge in [-0.1, -0.05) is 6.92 Å². The summed E-state index contributed by atoms with van der Waals surface area (Å²) in [6.07, 6.45) is 0.823. The average molecular weight is 164 g/mol. The fourth-order valence-corrected chi connectivity index (χ4v) is 1.31. The van der Waals surface area contributed by atoms with Crippen LogP contribution in [-0.2, 0) is 6.42 Å². The molecule has 0 saturated carbocycles. The lowest BCUT2D eigenvalue weighted by atomic mass is 10.2. The highest BCUT2D eigenvalue weighted by atomic mass is 19.1. The normalized spacial score (nSPS) is 10.8. The molecule has 12 heavy (non-hydrogen) atoms. The van der Waals surface area contributed by atoms with Crippen molar-refractivity contribution in [1.29, 1.82) is 0 Å². The zero-order valence-electron chi connectivity index (χ0n) is 6.76. The van der Waals surface area contributed by atoms with E-state index in [1.165, 1.54) is 12.1 Å². The van der Waals surface area contributed by atoms with Crippen LogP contribution in [0, 0.1) is 5.82 Å². The van der Waals surface area contributed by atoms with Gasteiger partial charge < -0.3 is 0 Å². The molecular formula is C9H9FN2. The Morgan fingerprint density at radius 2 is 2.33 bits per heavy atom. The lowest BCUT2D eigenvalue weighted by Crippen LogP contribution is -1.79. The molecule has 0 unspecified atom stereocenters. The van der Waals surface area contributed by atoms with E-state index < -0.39 is 0 Å². The van der Waals surface area contributed by atoms with Crippen molar-refractivity contribution >= 4 is 10.9 Å². The Kier molecular flexibility index (Phi) is 1.57. The maximum absolute atomic E-state index is 12.8. The molecule has 2 aromatic rings. The van der Waals surface area contributed by atoms with E-state index in [1.54, 1.807) is 6.07 Å². The van der Waals surface area contributed by atoms with Crippen molar-refractivity contribution in [2.24, 2.45) is 0 Å². The van der Waals surface area contributed by atoms with Gasteiger partial charge in [0.1, 0.15) is 5.82 Å². The average Bonchev–Trinajstić information content (AvgIpc) is 2.46. The molecule has 0 atom stereocenters. The molecule has 62 valence electrons. The van der Waals surface area contributed by atoms with Crippen LogP contribution in [0.1, 0.15) is 12.6 Å². The number of fused-ring (bicyclic) bond motifs is 1. The first-order valence-electron chi connectivity index (χ1n) is 3.93. The Balaban J connectivity index is 2.75. The standard InChI is InChI=1S/C9H9FN2/c1-2-8-7-5-6(10)3-4-9(7)12-11-8/h3-5H,2H2,1H3,(H,11,12). The number of nitrogens with one attached hydrogen (secondary N) is 1. The van der Waals surface area contributed by atoms with Crippen molar-refractivity contribution in [3.05, 3.63) is 29.7 Å². The number of hydrogen-bond donors (Lipinski definition) is 1. The van der Waals surface area contributed by atoms with Gasteiger partial charge in [0, 0.05) is 5.39 Å². The number of rotatable bonds is 1. The molecule has 0 saturated heterocycles. The van der Waals surface area contributed by atoms with E-state index in [4.69, 9.17) is 0 Å². The molecule has 2 nitrogen and oxygen atoms in total. The molecule has 3 heteroatoms. The molecule has 0 radical (unpaired) electrons. The molecule has 0 bridgehead atoms. The van der Waals surface area contributed by atoms with Crippen molar-refractivity contribution in [3.63, 3.8) is 0 Å². The minimum Gasteiger partial charge on any atom is -0.278 e. The van der Waals surface area contributed by atoms with E-state index in [9.17, 15) is 4.39 Å². The summed E-state index contributed by atoms with van der Waals surface area (Å²) < 4.78 is 12.8. The minimum absolute atomic E-state index is 0.210. The molecule has 1 aromatic carbocycles. The summed E-state index contributed by atoms with van der Waals surface area (Å²) in [5.74, 6) is -0.210. The van der Waals surface area contributed by atoms with Crippen molar-refractivity contribution in [2.45, 2.75) is 13.3 Å². The third-order valence-corrected chi connectivity index (χ3v) is 1.94. The highest BCUT2D eigenvalue weighted by molar-refractivity contribution is 5.81. The van der Waals surface area contributed by atoms with Crippen LogP contribution in [0.3, 0.4) is 0 Å². The van der Waals surface area contributed by atoms with Crippen LogP contribution in [0.5, 0.6) is 0 Å². The monoisotopic (exact) mass is 164 g/mol. The molecule has 0 spiro atoms. The summed E-state index contributed by atoms with van der Waals surface area (Å²) in [6.45, 7) is 2.00. The molecular weight excluding hydrogens is 155 g/mol. The van der Waals surface area contributed by atoms with Gasteiger partial charge in [-0.25, -0.2) is 4.39 Å². The highest BCUT2D eigenvalue weighted by Crippen LogP contribution is 2.16. The Morgan fingerprint density at radius 1 is 1.50 bits per heavy atom. The second kappa shape index (κ2) is 2.59. The number of H-pyrrole nitrogens is 1. The van der Waals surface area contributed by atoms with Gasteiger partial charge in [-0.3, -0.25) is 5.10 Å². The molecule has 1 aromatic heterocycles. The number of aromatic amines is 1. The van der Waals surface area contributed by atoms with Crippen molar-refractivity contribution < 1.29 is 4.39 Å². The van der Waals surface area contributed by atoms with E-state index in [-0.39, 0.29) is 5.82 Å². The molecule has 1 N–H and O–H groups in total. The van der Waals surface area contributed by atoms with Crippen molar-refractivity contribution in [1.82, 2.24) is 10.2 Å². The minimum atomic E-state index is -0.210. The number of nitrogens with zero attached hydrogens (tertiary/aromatic N) is 1. The molecule has 0 amide bonds. The fraction of sp³-hybridized carbons (Fsp3) is 0.222. The Bertz CT molecular complexity index is 406. The van der Waals surface area contributed by atoms with Gasteiger partial charge in [-0.05, 0) is 24.6 Å². The Hall–Kier alpha value is -1.38. The predicted octanol–water partition coefficient (Wildman–Crippen LogP) is 2.26.